The van der Waals surface area contributed by atoms with Crippen LogP contribution >= 0.6 is 11.6 Å². The van der Waals surface area contributed by atoms with Crippen molar-refractivity contribution in [3.8, 4) is 0 Å². The molecule has 0 saturated carbocycles. The third-order valence-corrected chi connectivity index (χ3v) is 3.92. The maximum absolute atomic E-state index is 13.2. The smallest absolute Gasteiger partial charge is 0.209 e. The summed E-state index contributed by atoms with van der Waals surface area (Å²) in [5, 5.41) is 3.13. The van der Waals surface area contributed by atoms with Gasteiger partial charge in [0, 0.05) is 37.9 Å². The van der Waals surface area contributed by atoms with Crippen LogP contribution < -0.4 is 10.2 Å². The van der Waals surface area contributed by atoms with Crippen LogP contribution in [0.1, 0.15) is 0 Å². The highest BCUT2D eigenvalue weighted by molar-refractivity contribution is 6.31. The first kappa shape index (κ1) is 15.5. The van der Waals surface area contributed by atoms with Crippen molar-refractivity contribution in [3.05, 3.63) is 41.4 Å². The fourth-order valence-electron chi connectivity index (χ4n) is 2.37. The molecule has 6 nitrogen and oxygen atoms in total. The van der Waals surface area contributed by atoms with Crippen molar-refractivity contribution in [1.29, 1.82) is 0 Å². The Hall–Kier alpha value is -2.41. The average molecular weight is 336 g/mol. The van der Waals surface area contributed by atoms with Gasteiger partial charge in [-0.3, -0.25) is 4.79 Å². The van der Waals surface area contributed by atoms with E-state index in [9.17, 15) is 9.18 Å². The number of anilines is 3. The Morgan fingerprint density at radius 1 is 1.17 bits per heavy atom. The van der Waals surface area contributed by atoms with E-state index in [1.807, 2.05) is 6.07 Å². The fourth-order valence-corrected chi connectivity index (χ4v) is 2.55. The molecule has 1 saturated heterocycles. The molecule has 0 unspecified atom stereocenters. The predicted octanol–water partition coefficient (Wildman–Crippen LogP) is 2.29. The zero-order valence-electron chi connectivity index (χ0n) is 12.2. The highest BCUT2D eigenvalue weighted by atomic mass is 35.5. The van der Waals surface area contributed by atoms with Crippen molar-refractivity contribution in [2.24, 2.45) is 0 Å². The Morgan fingerprint density at radius 2 is 1.96 bits per heavy atom. The SMILES string of the molecule is O=CN1CCN(c2cc(Nc3ccc(F)c(Cl)c3)ncn2)CC1. The lowest BCUT2D eigenvalue weighted by molar-refractivity contribution is -0.118. The molecule has 0 radical (unpaired) electrons. The molecule has 1 aromatic carbocycles. The van der Waals surface area contributed by atoms with E-state index in [0.29, 0.717) is 24.6 Å². The molecule has 1 aromatic heterocycles. The summed E-state index contributed by atoms with van der Waals surface area (Å²) in [6, 6.07) is 6.20. The molecule has 0 aliphatic carbocycles. The maximum atomic E-state index is 13.2. The standard InChI is InChI=1S/C15H15ClFN5O/c16-12-7-11(1-2-13(12)17)20-14-8-15(19-9-18-14)22-5-3-21(10-23)4-6-22/h1-2,7-10H,3-6H2,(H,18,19,20). The molecule has 0 atom stereocenters. The third kappa shape index (κ3) is 3.68. The van der Waals surface area contributed by atoms with Crippen LogP contribution in [-0.2, 0) is 4.79 Å². The van der Waals surface area contributed by atoms with Gasteiger partial charge in [-0.25, -0.2) is 14.4 Å². The van der Waals surface area contributed by atoms with Gasteiger partial charge in [0.1, 0.15) is 23.8 Å². The average Bonchev–Trinajstić information content (AvgIpc) is 2.58. The summed E-state index contributed by atoms with van der Waals surface area (Å²) in [6.45, 7) is 2.78. The molecule has 23 heavy (non-hydrogen) atoms. The third-order valence-electron chi connectivity index (χ3n) is 3.63. The highest BCUT2D eigenvalue weighted by Gasteiger charge is 2.17. The minimum absolute atomic E-state index is 0.0502. The number of carbonyl (C=O) groups excluding carboxylic acids is 1. The monoisotopic (exact) mass is 335 g/mol. The molecule has 2 aromatic rings. The quantitative estimate of drug-likeness (QED) is 0.869. The molecule has 3 rings (SSSR count). The van der Waals surface area contributed by atoms with E-state index in [0.717, 1.165) is 25.3 Å². The second-order valence-electron chi connectivity index (χ2n) is 5.14. The number of hydrogen-bond donors (Lipinski definition) is 1. The zero-order chi connectivity index (χ0) is 16.2. The normalized spacial score (nSPS) is 14.7. The summed E-state index contributed by atoms with van der Waals surface area (Å²) in [6.07, 6.45) is 2.33. The first-order chi connectivity index (χ1) is 11.2. The van der Waals surface area contributed by atoms with Gasteiger partial charge in [0.15, 0.2) is 0 Å². The van der Waals surface area contributed by atoms with Crippen LogP contribution in [0.25, 0.3) is 0 Å². The van der Waals surface area contributed by atoms with E-state index >= 15 is 0 Å². The maximum Gasteiger partial charge on any atom is 0.209 e. The number of nitrogens with zero attached hydrogens (tertiary/aromatic N) is 4. The van der Waals surface area contributed by atoms with E-state index in [2.05, 4.69) is 20.2 Å². The molecule has 1 N–H and O–H groups in total. The first-order valence-corrected chi connectivity index (χ1v) is 7.52. The van der Waals surface area contributed by atoms with Gasteiger partial charge in [-0.15, -0.1) is 0 Å². The van der Waals surface area contributed by atoms with Gasteiger partial charge in [0.05, 0.1) is 5.02 Å². The van der Waals surface area contributed by atoms with E-state index in [-0.39, 0.29) is 5.02 Å². The Kier molecular flexibility index (Phi) is 4.57. The lowest BCUT2D eigenvalue weighted by atomic mass is 10.3. The number of carbonyl (C=O) groups is 1. The van der Waals surface area contributed by atoms with Crippen molar-refractivity contribution in [1.82, 2.24) is 14.9 Å². The van der Waals surface area contributed by atoms with E-state index < -0.39 is 5.82 Å². The molecular formula is C15H15ClFN5O. The van der Waals surface area contributed by atoms with Gasteiger partial charge < -0.3 is 15.1 Å². The first-order valence-electron chi connectivity index (χ1n) is 7.14. The van der Waals surface area contributed by atoms with Gasteiger partial charge in [-0.1, -0.05) is 11.6 Å². The minimum Gasteiger partial charge on any atom is -0.353 e. The van der Waals surface area contributed by atoms with Crippen LogP contribution in [0.15, 0.2) is 30.6 Å². The number of aromatic nitrogens is 2. The topological polar surface area (TPSA) is 61.4 Å². The molecule has 1 aliphatic rings. The second-order valence-corrected chi connectivity index (χ2v) is 5.55. The van der Waals surface area contributed by atoms with Crippen molar-refractivity contribution in [2.75, 3.05) is 36.4 Å². The molecular weight excluding hydrogens is 321 g/mol. The van der Waals surface area contributed by atoms with Crippen molar-refractivity contribution in [2.45, 2.75) is 0 Å². The Balaban J connectivity index is 1.72. The number of halogens is 2. The molecule has 120 valence electrons. The summed E-state index contributed by atoms with van der Waals surface area (Å²) in [7, 11) is 0. The minimum atomic E-state index is -0.464. The molecule has 0 spiro atoms. The Labute approximate surface area is 137 Å². The van der Waals surface area contributed by atoms with Crippen molar-refractivity contribution >= 4 is 35.3 Å². The lowest BCUT2D eigenvalue weighted by Gasteiger charge is -2.33. The molecule has 1 amide bonds. The van der Waals surface area contributed by atoms with Crippen LogP contribution in [-0.4, -0.2) is 47.5 Å². The molecule has 0 bridgehead atoms. The lowest BCUT2D eigenvalue weighted by Crippen LogP contribution is -2.46. The van der Waals surface area contributed by atoms with Crippen LogP contribution in [0, 0.1) is 5.82 Å². The molecule has 1 fully saturated rings. The van der Waals surface area contributed by atoms with Gasteiger partial charge in [-0.05, 0) is 18.2 Å². The molecule has 2 heterocycles. The summed E-state index contributed by atoms with van der Waals surface area (Å²) < 4.78 is 13.2. The van der Waals surface area contributed by atoms with Crippen LogP contribution in [0.5, 0.6) is 0 Å². The Bertz CT molecular complexity index is 706. The summed E-state index contributed by atoms with van der Waals surface area (Å²) in [5.74, 6) is 0.908. The van der Waals surface area contributed by atoms with Gasteiger partial charge in [-0.2, -0.15) is 0 Å². The summed E-state index contributed by atoms with van der Waals surface area (Å²) >= 11 is 5.77. The number of rotatable bonds is 4. The van der Waals surface area contributed by atoms with Gasteiger partial charge in [0.25, 0.3) is 0 Å². The highest BCUT2D eigenvalue weighted by Crippen LogP contribution is 2.23. The van der Waals surface area contributed by atoms with E-state index in [4.69, 9.17) is 11.6 Å². The van der Waals surface area contributed by atoms with E-state index in [1.54, 1.807) is 11.0 Å². The van der Waals surface area contributed by atoms with Crippen molar-refractivity contribution in [3.63, 3.8) is 0 Å². The number of benzene rings is 1. The summed E-state index contributed by atoms with van der Waals surface area (Å²) in [4.78, 5) is 23.0. The number of amides is 1. The fraction of sp³-hybridized carbons (Fsp3) is 0.267. The van der Waals surface area contributed by atoms with Crippen LogP contribution in [0.4, 0.5) is 21.7 Å². The van der Waals surface area contributed by atoms with Gasteiger partial charge in [0.2, 0.25) is 6.41 Å². The van der Waals surface area contributed by atoms with E-state index in [1.165, 1.54) is 18.5 Å². The van der Waals surface area contributed by atoms with Crippen LogP contribution in [0.2, 0.25) is 5.02 Å². The zero-order valence-corrected chi connectivity index (χ0v) is 13.0. The molecule has 8 heteroatoms. The van der Waals surface area contributed by atoms with Gasteiger partial charge >= 0.3 is 0 Å². The Morgan fingerprint density at radius 3 is 2.65 bits per heavy atom. The predicted molar refractivity (Wildman–Crippen MR) is 86.6 cm³/mol. The molecule has 1 aliphatic heterocycles. The number of piperazine rings is 1. The summed E-state index contributed by atoms with van der Waals surface area (Å²) in [5.41, 5.74) is 0.645. The number of hydrogen-bond acceptors (Lipinski definition) is 5. The largest absolute Gasteiger partial charge is 0.353 e. The second kappa shape index (κ2) is 6.78. The van der Waals surface area contributed by atoms with Crippen molar-refractivity contribution < 1.29 is 9.18 Å². The number of nitrogens with one attached hydrogen (secondary N) is 1. The van der Waals surface area contributed by atoms with Crippen LogP contribution in [0.3, 0.4) is 0 Å².